The van der Waals surface area contributed by atoms with Crippen molar-refractivity contribution in [3.05, 3.63) is 9.15 Å². The molecule has 0 heterocycles. The molecule has 0 aliphatic carbocycles. The summed E-state index contributed by atoms with van der Waals surface area (Å²) in [6.07, 6.45) is 0. The van der Waals surface area contributed by atoms with Gasteiger partial charge in [0.25, 0.3) is 5.91 Å². The number of rotatable bonds is 2. The zero-order valence-corrected chi connectivity index (χ0v) is 9.30. The second-order valence-corrected chi connectivity index (χ2v) is 3.76. The molecule has 0 atom stereocenters. The van der Waals surface area contributed by atoms with Crippen molar-refractivity contribution >= 4 is 28.5 Å². The summed E-state index contributed by atoms with van der Waals surface area (Å²) in [4.78, 5) is 16.0. The number of nitrogens with zero attached hydrogens (tertiary/aromatic N) is 1. The van der Waals surface area contributed by atoms with E-state index in [0.29, 0.717) is 0 Å². The molecule has 0 aliphatic heterocycles. The number of allylic oxidation sites excluding steroid dienone is 1. The van der Waals surface area contributed by atoms with Gasteiger partial charge >= 0.3 is 0 Å². The van der Waals surface area contributed by atoms with E-state index in [1.807, 2.05) is 6.92 Å². The van der Waals surface area contributed by atoms with Crippen LogP contribution in [-0.2, 0) is 9.63 Å². The van der Waals surface area contributed by atoms with Crippen LogP contribution in [0.1, 0.15) is 13.8 Å². The Labute approximate surface area is 80.5 Å². The zero-order valence-electron chi connectivity index (χ0n) is 7.14. The lowest BCUT2D eigenvalue weighted by Gasteiger charge is -2.13. The maximum absolute atomic E-state index is 11.3. The molecule has 0 aromatic carbocycles. The van der Waals surface area contributed by atoms with Gasteiger partial charge in [0.15, 0.2) is 0 Å². The summed E-state index contributed by atoms with van der Waals surface area (Å²) >= 11 is 2.11. The van der Waals surface area contributed by atoms with Gasteiger partial charge in [-0.25, -0.2) is 5.06 Å². The van der Waals surface area contributed by atoms with Crippen LogP contribution in [0.2, 0.25) is 0 Å². The Balaban J connectivity index is 4.38. The molecule has 64 valence electrons. The van der Waals surface area contributed by atoms with E-state index >= 15 is 0 Å². The molecule has 4 heteroatoms. The van der Waals surface area contributed by atoms with Gasteiger partial charge in [-0.2, -0.15) is 0 Å². The molecule has 11 heavy (non-hydrogen) atoms. The van der Waals surface area contributed by atoms with Crippen molar-refractivity contribution in [2.45, 2.75) is 13.8 Å². The molecular weight excluding hydrogens is 257 g/mol. The number of likely N-dealkylation sites (N-methyl/N-ethyl adjacent to an activating group) is 1. The fourth-order valence-electron chi connectivity index (χ4n) is 0.466. The zero-order chi connectivity index (χ0) is 9.02. The minimum atomic E-state index is -0.0978. The highest BCUT2D eigenvalue weighted by atomic mass is 127. The van der Waals surface area contributed by atoms with Crippen LogP contribution in [0, 0.1) is 0 Å². The van der Waals surface area contributed by atoms with Gasteiger partial charge in [0.2, 0.25) is 0 Å². The topological polar surface area (TPSA) is 29.5 Å². The lowest BCUT2D eigenvalue weighted by atomic mass is 10.3. The van der Waals surface area contributed by atoms with Crippen molar-refractivity contribution in [2.75, 3.05) is 14.2 Å². The Morgan fingerprint density at radius 3 is 2.18 bits per heavy atom. The molecule has 0 N–H and O–H groups in total. The average Bonchev–Trinajstić information content (AvgIpc) is 2.00. The van der Waals surface area contributed by atoms with E-state index in [0.717, 1.165) is 9.15 Å². The van der Waals surface area contributed by atoms with Gasteiger partial charge in [-0.3, -0.25) is 9.63 Å². The minimum absolute atomic E-state index is 0.0978. The van der Waals surface area contributed by atoms with Crippen molar-refractivity contribution in [3.63, 3.8) is 0 Å². The summed E-state index contributed by atoms with van der Waals surface area (Å²) in [5.74, 6) is -0.0978. The van der Waals surface area contributed by atoms with Gasteiger partial charge in [0, 0.05) is 12.6 Å². The Morgan fingerprint density at radius 1 is 1.45 bits per heavy atom. The van der Waals surface area contributed by atoms with Gasteiger partial charge in [0.1, 0.15) is 0 Å². The van der Waals surface area contributed by atoms with Gasteiger partial charge in [-0.1, -0.05) is 0 Å². The highest BCUT2D eigenvalue weighted by Gasteiger charge is 2.10. The number of hydroxylamine groups is 2. The number of hydrogen-bond donors (Lipinski definition) is 0. The third-order valence-electron chi connectivity index (χ3n) is 1.40. The number of carbonyl (C=O) groups excluding carboxylic acids is 1. The van der Waals surface area contributed by atoms with Crippen molar-refractivity contribution in [1.29, 1.82) is 0 Å². The second kappa shape index (κ2) is 4.71. The van der Waals surface area contributed by atoms with Gasteiger partial charge in [-0.05, 0) is 40.0 Å². The Hall–Kier alpha value is -0.100. The van der Waals surface area contributed by atoms with E-state index in [1.54, 1.807) is 14.0 Å². The average molecular weight is 269 g/mol. The first-order valence-electron chi connectivity index (χ1n) is 3.15. The molecule has 0 saturated heterocycles. The third kappa shape index (κ3) is 3.20. The van der Waals surface area contributed by atoms with Gasteiger partial charge in [-0.15, -0.1) is 0 Å². The fraction of sp³-hybridized carbons (Fsp3) is 0.571. The van der Waals surface area contributed by atoms with Crippen LogP contribution in [0.15, 0.2) is 9.15 Å². The first-order chi connectivity index (χ1) is 5.00. The van der Waals surface area contributed by atoms with E-state index < -0.39 is 0 Å². The molecule has 1 amide bonds. The highest BCUT2D eigenvalue weighted by Crippen LogP contribution is 2.12. The Morgan fingerprint density at radius 2 is 1.91 bits per heavy atom. The third-order valence-corrected chi connectivity index (χ3v) is 2.21. The van der Waals surface area contributed by atoms with E-state index in [2.05, 4.69) is 22.6 Å². The highest BCUT2D eigenvalue weighted by molar-refractivity contribution is 14.1. The summed E-state index contributed by atoms with van der Waals surface area (Å²) in [5.41, 5.74) is 0.718. The fourth-order valence-corrected chi connectivity index (χ4v) is 0.697. The molecule has 0 unspecified atom stereocenters. The number of amides is 1. The predicted octanol–water partition coefficient (Wildman–Crippen LogP) is 1.74. The first kappa shape index (κ1) is 10.9. The standard InChI is InChI=1S/C7H12INO2/c1-5(6(2)8)7(10)9(3)11-4/h1-4H3/b6-5-. The molecule has 0 bridgehead atoms. The summed E-state index contributed by atoms with van der Waals surface area (Å²) in [6, 6.07) is 0. The van der Waals surface area contributed by atoms with E-state index in [9.17, 15) is 4.79 Å². The van der Waals surface area contributed by atoms with E-state index in [1.165, 1.54) is 12.2 Å². The molecule has 0 aromatic rings. The van der Waals surface area contributed by atoms with Crippen LogP contribution in [0.25, 0.3) is 0 Å². The molecule has 0 radical (unpaired) electrons. The molecular formula is C7H12INO2. The normalized spacial score (nSPS) is 12.5. The smallest absolute Gasteiger partial charge is 0.273 e. The van der Waals surface area contributed by atoms with Crippen molar-refractivity contribution < 1.29 is 9.63 Å². The first-order valence-corrected chi connectivity index (χ1v) is 4.23. The lowest BCUT2D eigenvalue weighted by molar-refractivity contribution is -0.163. The van der Waals surface area contributed by atoms with Crippen molar-refractivity contribution in [1.82, 2.24) is 5.06 Å². The SMILES string of the molecule is CON(C)C(=O)/C(C)=C(/C)I. The number of halogens is 1. The van der Waals surface area contributed by atoms with Crippen molar-refractivity contribution in [2.24, 2.45) is 0 Å². The molecule has 3 nitrogen and oxygen atoms in total. The van der Waals surface area contributed by atoms with E-state index in [4.69, 9.17) is 4.84 Å². The lowest BCUT2D eigenvalue weighted by Crippen LogP contribution is -2.26. The van der Waals surface area contributed by atoms with Crippen LogP contribution < -0.4 is 0 Å². The summed E-state index contributed by atoms with van der Waals surface area (Å²) in [7, 11) is 3.05. The largest absolute Gasteiger partial charge is 0.274 e. The maximum atomic E-state index is 11.3. The predicted molar refractivity (Wildman–Crippen MR) is 52.2 cm³/mol. The maximum Gasteiger partial charge on any atom is 0.273 e. The molecule has 0 aromatic heterocycles. The molecule has 0 rings (SSSR count). The summed E-state index contributed by atoms with van der Waals surface area (Å²) in [6.45, 7) is 3.66. The molecule has 0 aliphatic rings. The summed E-state index contributed by atoms with van der Waals surface area (Å²) < 4.78 is 0.983. The second-order valence-electron chi connectivity index (χ2n) is 2.14. The summed E-state index contributed by atoms with van der Waals surface area (Å²) in [5, 5.41) is 1.21. The van der Waals surface area contributed by atoms with Crippen molar-refractivity contribution in [3.8, 4) is 0 Å². The van der Waals surface area contributed by atoms with Crippen LogP contribution in [-0.4, -0.2) is 25.1 Å². The Bertz CT molecular complexity index is 185. The molecule has 0 saturated carbocycles. The van der Waals surface area contributed by atoms with Crippen LogP contribution in [0.3, 0.4) is 0 Å². The van der Waals surface area contributed by atoms with E-state index in [-0.39, 0.29) is 5.91 Å². The van der Waals surface area contributed by atoms with Gasteiger partial charge < -0.3 is 0 Å². The number of hydrogen-bond acceptors (Lipinski definition) is 2. The number of carbonyl (C=O) groups is 1. The Kier molecular flexibility index (Phi) is 4.67. The molecule has 0 fully saturated rings. The van der Waals surface area contributed by atoms with Crippen LogP contribution in [0.5, 0.6) is 0 Å². The monoisotopic (exact) mass is 269 g/mol. The quantitative estimate of drug-likeness (QED) is 0.434. The minimum Gasteiger partial charge on any atom is -0.274 e. The van der Waals surface area contributed by atoms with Gasteiger partial charge in [0.05, 0.1) is 7.11 Å². The van der Waals surface area contributed by atoms with Crippen LogP contribution in [0.4, 0.5) is 0 Å². The molecule has 0 spiro atoms. The van der Waals surface area contributed by atoms with Crippen LogP contribution >= 0.6 is 22.6 Å².